The molecule has 0 aliphatic heterocycles. The van der Waals surface area contributed by atoms with Gasteiger partial charge < -0.3 is 23.8 Å². The van der Waals surface area contributed by atoms with Crippen LogP contribution in [-0.2, 0) is 23.8 Å². The molecule has 2 unspecified atom stereocenters. The number of hydrogen-bond donors (Lipinski definition) is 0. The first kappa shape index (κ1) is 35.7. The van der Waals surface area contributed by atoms with Crippen LogP contribution in [0.4, 0.5) is 0 Å². The normalized spacial score (nSPS) is 13.5. The molecule has 2 atom stereocenters. The molecule has 0 aliphatic carbocycles. The third kappa shape index (κ3) is 27.5. The Morgan fingerprint density at radius 1 is 0.486 bits per heavy atom. The molecule has 0 heterocycles. The summed E-state index contributed by atoms with van der Waals surface area (Å²) in [7, 11) is 0. The second-order valence-electron chi connectivity index (χ2n) is 9.91. The smallest absolute Gasteiger partial charge is 0.180 e. The van der Waals surface area contributed by atoms with Gasteiger partial charge in [-0.25, -0.2) is 0 Å². The predicted molar refractivity (Wildman–Crippen MR) is 155 cm³/mol. The summed E-state index contributed by atoms with van der Waals surface area (Å²) < 4.78 is 18.5. The first-order chi connectivity index (χ1) is 18.3. The zero-order valence-electron chi connectivity index (χ0n) is 24.2. The molecule has 0 spiro atoms. The molecule has 0 radical (unpaired) electrons. The topological polar surface area (TPSA) is 61.8 Å². The van der Waals surface area contributed by atoms with Crippen LogP contribution in [0, 0.1) is 0 Å². The lowest BCUT2D eigenvalue weighted by molar-refractivity contribution is -0.208. The van der Waals surface area contributed by atoms with Crippen LogP contribution in [0.1, 0.15) is 142 Å². The summed E-state index contributed by atoms with van der Waals surface area (Å²) in [5.74, 6) is 0. The molecule has 5 heteroatoms. The summed E-state index contributed by atoms with van der Waals surface area (Å²) in [6.45, 7) is 5.81. The summed E-state index contributed by atoms with van der Waals surface area (Å²) in [5.41, 5.74) is 0. The molecule has 216 valence electrons. The van der Waals surface area contributed by atoms with Crippen molar-refractivity contribution >= 4 is 12.6 Å². The molecule has 0 fully saturated rings. The number of carbonyl (C=O) groups is 2. The van der Waals surface area contributed by atoms with Crippen LogP contribution in [-0.4, -0.2) is 38.4 Å². The Labute approximate surface area is 228 Å². The van der Waals surface area contributed by atoms with E-state index in [-0.39, 0.29) is 0 Å². The second kappa shape index (κ2) is 30.9. The summed E-state index contributed by atoms with van der Waals surface area (Å²) in [6.07, 6.45) is 31.0. The van der Waals surface area contributed by atoms with Crippen LogP contribution in [0.15, 0.2) is 24.3 Å². The molecular formula is C32H58O5. The number of allylic oxidation sites excluding steroid dienone is 2. The van der Waals surface area contributed by atoms with Gasteiger partial charge in [-0.3, -0.25) is 0 Å². The Kier molecular flexibility index (Phi) is 29.8. The summed E-state index contributed by atoms with van der Waals surface area (Å²) in [4.78, 5) is 20.9. The van der Waals surface area contributed by atoms with E-state index in [1.54, 1.807) is 0 Å². The highest BCUT2D eigenvalue weighted by atomic mass is 16.8. The second-order valence-corrected chi connectivity index (χ2v) is 9.91. The summed E-state index contributed by atoms with van der Waals surface area (Å²) in [5, 5.41) is 0. The zero-order valence-corrected chi connectivity index (χ0v) is 24.2. The average molecular weight is 523 g/mol. The molecule has 0 aliphatic rings. The molecule has 0 aromatic heterocycles. The fraction of sp³-hybridized carbons (Fsp3) is 0.812. The van der Waals surface area contributed by atoms with Gasteiger partial charge >= 0.3 is 0 Å². The van der Waals surface area contributed by atoms with Gasteiger partial charge in [-0.15, -0.1) is 0 Å². The van der Waals surface area contributed by atoms with Gasteiger partial charge in [-0.05, 0) is 63.5 Å². The van der Waals surface area contributed by atoms with Crippen LogP contribution in [0.2, 0.25) is 0 Å². The van der Waals surface area contributed by atoms with Gasteiger partial charge in [0, 0.05) is 12.8 Å². The van der Waals surface area contributed by atoms with E-state index >= 15 is 0 Å². The number of rotatable bonds is 30. The van der Waals surface area contributed by atoms with E-state index in [1.807, 2.05) is 12.2 Å². The van der Waals surface area contributed by atoms with E-state index in [1.165, 1.54) is 38.5 Å². The fourth-order valence-electron chi connectivity index (χ4n) is 3.97. The highest BCUT2D eigenvalue weighted by Gasteiger charge is 2.13. The molecule has 0 saturated heterocycles. The summed E-state index contributed by atoms with van der Waals surface area (Å²) in [6, 6.07) is 0. The van der Waals surface area contributed by atoms with Crippen LogP contribution >= 0.6 is 0 Å². The molecule has 0 N–H and O–H groups in total. The van der Waals surface area contributed by atoms with Crippen molar-refractivity contribution in [3.05, 3.63) is 24.3 Å². The lowest BCUT2D eigenvalue weighted by atomic mass is 10.1. The Morgan fingerprint density at radius 3 is 1.24 bits per heavy atom. The average Bonchev–Trinajstić information content (AvgIpc) is 2.90. The van der Waals surface area contributed by atoms with Gasteiger partial charge in [-0.2, -0.15) is 0 Å². The van der Waals surface area contributed by atoms with Gasteiger partial charge in [0.05, 0.1) is 13.2 Å². The largest absolute Gasteiger partial charge is 0.349 e. The minimum Gasteiger partial charge on any atom is -0.349 e. The highest BCUT2D eigenvalue weighted by Crippen LogP contribution is 2.13. The van der Waals surface area contributed by atoms with Crippen LogP contribution in [0.5, 0.6) is 0 Å². The molecule has 5 nitrogen and oxygen atoms in total. The maximum Gasteiger partial charge on any atom is 0.180 e. The Bertz CT molecular complexity index is 485. The molecule has 0 amide bonds. The number of hydrogen-bond acceptors (Lipinski definition) is 5. The molecule has 0 aromatic rings. The SMILES string of the molecule is CCCCCCOC(C=CCCCCCCC=O)OC(C=CCCCCCCC=O)OCCCCCC. The van der Waals surface area contributed by atoms with E-state index < -0.39 is 12.6 Å². The van der Waals surface area contributed by atoms with Crippen LogP contribution in [0.25, 0.3) is 0 Å². The maximum atomic E-state index is 10.4. The number of carbonyl (C=O) groups excluding carboxylic acids is 2. The Morgan fingerprint density at radius 2 is 0.865 bits per heavy atom. The first-order valence-electron chi connectivity index (χ1n) is 15.4. The van der Waals surface area contributed by atoms with Crippen molar-refractivity contribution in [2.75, 3.05) is 13.2 Å². The molecule has 0 saturated carbocycles. The van der Waals surface area contributed by atoms with E-state index in [0.717, 1.165) is 89.6 Å². The lowest BCUT2D eigenvalue weighted by Gasteiger charge is -2.22. The van der Waals surface area contributed by atoms with Crippen molar-refractivity contribution in [1.29, 1.82) is 0 Å². The minimum atomic E-state index is -0.412. The molecule has 37 heavy (non-hydrogen) atoms. The van der Waals surface area contributed by atoms with Crippen molar-refractivity contribution in [2.45, 2.75) is 155 Å². The number of unbranched alkanes of at least 4 members (excludes halogenated alkanes) is 16. The van der Waals surface area contributed by atoms with E-state index in [2.05, 4.69) is 26.0 Å². The van der Waals surface area contributed by atoms with E-state index in [0.29, 0.717) is 26.1 Å². The van der Waals surface area contributed by atoms with Crippen molar-refractivity contribution in [3.8, 4) is 0 Å². The maximum absolute atomic E-state index is 10.4. The van der Waals surface area contributed by atoms with Gasteiger partial charge in [0.25, 0.3) is 0 Å². The third-order valence-electron chi connectivity index (χ3n) is 6.30. The quantitative estimate of drug-likeness (QED) is 0.0407. The lowest BCUT2D eigenvalue weighted by Crippen LogP contribution is -2.25. The zero-order chi connectivity index (χ0) is 27.1. The number of aldehydes is 2. The monoisotopic (exact) mass is 522 g/mol. The van der Waals surface area contributed by atoms with E-state index in [9.17, 15) is 9.59 Å². The standard InChI is InChI=1S/C32H58O5/c1-3-5-7-23-29-35-31(25-19-15-11-9-13-17-21-27-33)37-32(36-30-24-8-6-4-2)26-20-16-12-10-14-18-22-28-34/h19-20,25-28,31-32H,3-18,21-24,29-30H2,1-2H3. The van der Waals surface area contributed by atoms with Gasteiger partial charge in [0.15, 0.2) is 12.6 Å². The first-order valence-corrected chi connectivity index (χ1v) is 15.4. The van der Waals surface area contributed by atoms with Crippen LogP contribution < -0.4 is 0 Å². The molecule has 0 bridgehead atoms. The molecular weight excluding hydrogens is 464 g/mol. The van der Waals surface area contributed by atoms with Gasteiger partial charge in [0.1, 0.15) is 12.6 Å². The molecule has 0 aromatic carbocycles. The predicted octanol–water partition coefficient (Wildman–Crippen LogP) is 9.04. The minimum absolute atomic E-state index is 0.412. The van der Waals surface area contributed by atoms with Gasteiger partial charge in [-0.1, -0.05) is 90.2 Å². The van der Waals surface area contributed by atoms with E-state index in [4.69, 9.17) is 14.2 Å². The Balaban J connectivity index is 4.78. The van der Waals surface area contributed by atoms with Crippen molar-refractivity contribution in [2.24, 2.45) is 0 Å². The number of ether oxygens (including phenoxy) is 3. The van der Waals surface area contributed by atoms with Gasteiger partial charge in [0.2, 0.25) is 0 Å². The Hall–Kier alpha value is -1.30. The van der Waals surface area contributed by atoms with Crippen LogP contribution in [0.3, 0.4) is 0 Å². The van der Waals surface area contributed by atoms with Crippen molar-refractivity contribution < 1.29 is 23.8 Å². The fourth-order valence-corrected chi connectivity index (χ4v) is 3.97. The molecule has 0 rings (SSSR count). The van der Waals surface area contributed by atoms with Crippen molar-refractivity contribution in [3.63, 3.8) is 0 Å². The highest BCUT2D eigenvalue weighted by molar-refractivity contribution is 5.49. The summed E-state index contributed by atoms with van der Waals surface area (Å²) >= 11 is 0. The van der Waals surface area contributed by atoms with Crippen molar-refractivity contribution in [1.82, 2.24) is 0 Å². The third-order valence-corrected chi connectivity index (χ3v) is 6.30.